The Bertz CT molecular complexity index is 179. The van der Waals surface area contributed by atoms with Gasteiger partial charge in [-0.3, -0.25) is 5.41 Å². The first-order valence-electron chi connectivity index (χ1n) is 3.16. The summed E-state index contributed by atoms with van der Waals surface area (Å²) in [4.78, 5) is 11.9. The van der Waals surface area contributed by atoms with Gasteiger partial charge < -0.3 is 10.0 Å². The maximum atomic E-state index is 10.4. The summed E-state index contributed by atoms with van der Waals surface area (Å²) in [6.45, 7) is 0. The average molecular weight is 142 g/mol. The molecule has 0 amide bonds. The van der Waals surface area contributed by atoms with E-state index in [1.54, 1.807) is 7.05 Å². The third-order valence-corrected chi connectivity index (χ3v) is 1.83. The van der Waals surface area contributed by atoms with Gasteiger partial charge in [0.05, 0.1) is 5.84 Å². The minimum Gasteiger partial charge on any atom is -0.480 e. The van der Waals surface area contributed by atoms with Gasteiger partial charge in [-0.1, -0.05) is 0 Å². The molecule has 0 radical (unpaired) electrons. The third kappa shape index (κ3) is 0.964. The van der Waals surface area contributed by atoms with Crippen molar-refractivity contribution in [2.24, 2.45) is 0 Å². The van der Waals surface area contributed by atoms with Crippen LogP contribution in [0.15, 0.2) is 0 Å². The van der Waals surface area contributed by atoms with Crippen LogP contribution in [-0.2, 0) is 4.79 Å². The lowest BCUT2D eigenvalue weighted by Gasteiger charge is -2.16. The van der Waals surface area contributed by atoms with Crippen molar-refractivity contribution in [1.82, 2.24) is 4.90 Å². The predicted molar refractivity (Wildman–Crippen MR) is 36.1 cm³/mol. The van der Waals surface area contributed by atoms with E-state index in [2.05, 4.69) is 0 Å². The Morgan fingerprint density at radius 1 is 1.90 bits per heavy atom. The number of carboxylic acids is 1. The zero-order valence-corrected chi connectivity index (χ0v) is 5.79. The zero-order valence-electron chi connectivity index (χ0n) is 5.79. The molecule has 0 spiro atoms. The molecule has 1 aliphatic rings. The summed E-state index contributed by atoms with van der Waals surface area (Å²) in [5, 5.41) is 15.8. The van der Waals surface area contributed by atoms with Gasteiger partial charge in [-0.05, 0) is 6.42 Å². The average Bonchev–Trinajstić information content (AvgIpc) is 2.14. The number of carbonyl (C=O) groups is 1. The first-order valence-corrected chi connectivity index (χ1v) is 3.16. The van der Waals surface area contributed by atoms with E-state index in [-0.39, 0.29) is 0 Å². The molecular formula is C6H10N2O2. The topological polar surface area (TPSA) is 64.4 Å². The number of nitrogens with one attached hydrogen (secondary N) is 1. The smallest absolute Gasteiger partial charge is 0.326 e. The molecule has 1 unspecified atom stereocenters. The van der Waals surface area contributed by atoms with Gasteiger partial charge in [0, 0.05) is 13.5 Å². The Labute approximate surface area is 59.0 Å². The van der Waals surface area contributed by atoms with Crippen molar-refractivity contribution in [3.63, 3.8) is 0 Å². The Balaban J connectivity index is 2.66. The van der Waals surface area contributed by atoms with Crippen LogP contribution in [-0.4, -0.2) is 34.9 Å². The van der Waals surface area contributed by atoms with Crippen molar-refractivity contribution in [1.29, 1.82) is 5.41 Å². The summed E-state index contributed by atoms with van der Waals surface area (Å²) in [6.07, 6.45) is 1.16. The Kier molecular flexibility index (Phi) is 1.61. The Hall–Kier alpha value is -1.06. The van der Waals surface area contributed by atoms with Crippen molar-refractivity contribution in [2.75, 3.05) is 7.05 Å². The van der Waals surface area contributed by atoms with E-state index in [1.165, 1.54) is 4.90 Å². The van der Waals surface area contributed by atoms with E-state index in [0.29, 0.717) is 18.7 Å². The van der Waals surface area contributed by atoms with Gasteiger partial charge in [-0.25, -0.2) is 4.79 Å². The first kappa shape index (κ1) is 7.05. The zero-order chi connectivity index (χ0) is 7.72. The summed E-state index contributed by atoms with van der Waals surface area (Å²) >= 11 is 0. The monoisotopic (exact) mass is 142 g/mol. The second-order valence-corrected chi connectivity index (χ2v) is 2.45. The molecule has 10 heavy (non-hydrogen) atoms. The van der Waals surface area contributed by atoms with Crippen LogP contribution in [0.5, 0.6) is 0 Å². The molecule has 1 fully saturated rings. The number of amidine groups is 1. The number of aliphatic carboxylic acids is 1. The van der Waals surface area contributed by atoms with Crippen molar-refractivity contribution in [3.8, 4) is 0 Å². The van der Waals surface area contributed by atoms with Crippen LogP contribution in [0.3, 0.4) is 0 Å². The minimum atomic E-state index is -0.829. The number of likely N-dealkylation sites (N-methyl/N-ethyl adjacent to an activating group) is 1. The molecule has 1 aliphatic heterocycles. The summed E-state index contributed by atoms with van der Waals surface area (Å²) in [5.41, 5.74) is 0. The van der Waals surface area contributed by atoms with Crippen molar-refractivity contribution in [2.45, 2.75) is 18.9 Å². The molecular weight excluding hydrogens is 132 g/mol. The summed E-state index contributed by atoms with van der Waals surface area (Å²) in [7, 11) is 1.65. The van der Waals surface area contributed by atoms with Crippen LogP contribution in [0.1, 0.15) is 12.8 Å². The van der Waals surface area contributed by atoms with Gasteiger partial charge in [0.15, 0.2) is 0 Å². The second kappa shape index (κ2) is 2.28. The lowest BCUT2D eigenvalue weighted by molar-refractivity contribution is -0.141. The molecule has 1 rings (SSSR count). The quantitative estimate of drug-likeness (QED) is 0.547. The van der Waals surface area contributed by atoms with Crippen LogP contribution < -0.4 is 0 Å². The van der Waals surface area contributed by atoms with E-state index < -0.39 is 12.0 Å². The largest absolute Gasteiger partial charge is 0.480 e. The van der Waals surface area contributed by atoms with E-state index >= 15 is 0 Å². The Morgan fingerprint density at radius 3 is 2.70 bits per heavy atom. The molecule has 1 heterocycles. The third-order valence-electron chi connectivity index (χ3n) is 1.83. The maximum Gasteiger partial charge on any atom is 0.326 e. The van der Waals surface area contributed by atoms with Gasteiger partial charge in [0.1, 0.15) is 6.04 Å². The van der Waals surface area contributed by atoms with Gasteiger partial charge in [0.2, 0.25) is 0 Å². The lowest BCUT2D eigenvalue weighted by atomic mass is 10.2. The van der Waals surface area contributed by atoms with E-state index in [9.17, 15) is 4.79 Å². The molecule has 0 aromatic carbocycles. The highest BCUT2D eigenvalue weighted by atomic mass is 16.4. The molecule has 1 saturated heterocycles. The maximum absolute atomic E-state index is 10.4. The summed E-state index contributed by atoms with van der Waals surface area (Å²) in [5.74, 6) is -0.405. The highest BCUT2D eigenvalue weighted by molar-refractivity contribution is 5.88. The summed E-state index contributed by atoms with van der Waals surface area (Å²) < 4.78 is 0. The number of rotatable bonds is 1. The SMILES string of the molecule is CN1C(=N)CCC1C(=O)O. The number of carboxylic acid groups (broad SMARTS) is 1. The standard InChI is InChI=1S/C6H10N2O2/c1-8-4(6(9)10)2-3-5(8)7/h4,7H,2-3H2,1H3,(H,9,10). The fraction of sp³-hybridized carbons (Fsp3) is 0.667. The van der Waals surface area contributed by atoms with Crippen LogP contribution in [0.25, 0.3) is 0 Å². The molecule has 4 nitrogen and oxygen atoms in total. The lowest BCUT2D eigenvalue weighted by Crippen LogP contribution is -2.34. The van der Waals surface area contributed by atoms with E-state index in [0.717, 1.165) is 0 Å². The van der Waals surface area contributed by atoms with Gasteiger partial charge in [-0.2, -0.15) is 0 Å². The normalized spacial score (nSPS) is 25.5. The summed E-state index contributed by atoms with van der Waals surface area (Å²) in [6, 6.07) is -0.465. The van der Waals surface area contributed by atoms with E-state index in [1.807, 2.05) is 0 Å². The molecule has 0 aliphatic carbocycles. The number of likely N-dealkylation sites (tertiary alicyclic amines) is 1. The minimum absolute atomic E-state index is 0.424. The molecule has 4 heteroatoms. The Morgan fingerprint density at radius 2 is 2.50 bits per heavy atom. The van der Waals surface area contributed by atoms with Gasteiger partial charge >= 0.3 is 5.97 Å². The van der Waals surface area contributed by atoms with Crippen LogP contribution in [0.2, 0.25) is 0 Å². The fourth-order valence-corrected chi connectivity index (χ4v) is 1.12. The molecule has 2 N–H and O–H groups in total. The molecule has 0 aromatic rings. The molecule has 0 saturated carbocycles. The van der Waals surface area contributed by atoms with E-state index in [4.69, 9.17) is 10.5 Å². The molecule has 0 bridgehead atoms. The number of hydrogen-bond donors (Lipinski definition) is 2. The highest BCUT2D eigenvalue weighted by Crippen LogP contribution is 2.16. The van der Waals surface area contributed by atoms with Gasteiger partial charge in [-0.15, -0.1) is 0 Å². The van der Waals surface area contributed by atoms with Crippen LogP contribution in [0.4, 0.5) is 0 Å². The fourth-order valence-electron chi connectivity index (χ4n) is 1.12. The number of nitrogens with zero attached hydrogens (tertiary/aromatic N) is 1. The predicted octanol–water partition coefficient (Wildman–Crippen LogP) is 0.142. The van der Waals surface area contributed by atoms with Crippen molar-refractivity contribution < 1.29 is 9.90 Å². The van der Waals surface area contributed by atoms with Crippen molar-refractivity contribution >= 4 is 11.8 Å². The van der Waals surface area contributed by atoms with Gasteiger partial charge in [0.25, 0.3) is 0 Å². The number of hydrogen-bond acceptors (Lipinski definition) is 2. The second-order valence-electron chi connectivity index (χ2n) is 2.45. The highest BCUT2D eigenvalue weighted by Gasteiger charge is 2.30. The van der Waals surface area contributed by atoms with Crippen LogP contribution in [0, 0.1) is 5.41 Å². The molecule has 1 atom stereocenters. The molecule has 0 aromatic heterocycles. The van der Waals surface area contributed by atoms with Crippen LogP contribution >= 0.6 is 0 Å². The first-order chi connectivity index (χ1) is 4.63. The van der Waals surface area contributed by atoms with Crippen molar-refractivity contribution in [3.05, 3.63) is 0 Å². The molecule has 56 valence electrons.